The number of aliphatic hydroxyl groups is 1. The molecule has 1 aromatic carbocycles. The third-order valence-electron chi connectivity index (χ3n) is 2.95. The smallest absolute Gasteiger partial charge is 0.161 e. The predicted octanol–water partition coefficient (Wildman–Crippen LogP) is 1.65. The van der Waals surface area contributed by atoms with Crippen LogP contribution in [0.3, 0.4) is 0 Å². The van der Waals surface area contributed by atoms with Gasteiger partial charge in [0.15, 0.2) is 11.5 Å². The summed E-state index contributed by atoms with van der Waals surface area (Å²) in [6, 6.07) is 5.46. The van der Waals surface area contributed by atoms with Crippen molar-refractivity contribution in [2.24, 2.45) is 5.73 Å². The molecule has 0 bridgehead atoms. The summed E-state index contributed by atoms with van der Waals surface area (Å²) in [7, 11) is 1.59. The van der Waals surface area contributed by atoms with Crippen LogP contribution in [0.15, 0.2) is 18.2 Å². The van der Waals surface area contributed by atoms with Gasteiger partial charge in [0.2, 0.25) is 0 Å². The summed E-state index contributed by atoms with van der Waals surface area (Å²) in [4.78, 5) is 0. The van der Waals surface area contributed by atoms with Gasteiger partial charge in [-0.1, -0.05) is 6.07 Å². The normalized spacial score (nSPS) is 16.1. The molecule has 0 fully saturated rings. The molecule has 0 saturated carbocycles. The molecule has 0 aliphatic heterocycles. The molecule has 0 radical (unpaired) electrons. The topological polar surface area (TPSA) is 64.7 Å². The lowest BCUT2D eigenvalue weighted by Gasteiger charge is -2.29. The zero-order valence-corrected chi connectivity index (χ0v) is 10.9. The fraction of sp³-hybridized carbons (Fsp3) is 0.538. The van der Waals surface area contributed by atoms with Gasteiger partial charge in [0.25, 0.3) is 0 Å². The number of rotatable bonds is 5. The van der Waals surface area contributed by atoms with E-state index in [1.807, 2.05) is 19.1 Å². The lowest BCUT2D eigenvalue weighted by molar-refractivity contribution is 0.110. The van der Waals surface area contributed by atoms with Crippen molar-refractivity contribution in [1.82, 2.24) is 0 Å². The molecule has 2 atom stereocenters. The highest BCUT2D eigenvalue weighted by molar-refractivity contribution is 5.45. The van der Waals surface area contributed by atoms with Gasteiger partial charge in [0.1, 0.15) is 0 Å². The van der Waals surface area contributed by atoms with E-state index in [-0.39, 0.29) is 0 Å². The molecule has 0 amide bonds. The fourth-order valence-electron chi connectivity index (χ4n) is 1.52. The Morgan fingerprint density at radius 2 is 2.06 bits per heavy atom. The van der Waals surface area contributed by atoms with Crippen LogP contribution in [0.5, 0.6) is 11.5 Å². The molecule has 1 aromatic rings. The van der Waals surface area contributed by atoms with Crippen LogP contribution in [0.1, 0.15) is 26.3 Å². The molecule has 0 aliphatic rings. The van der Waals surface area contributed by atoms with E-state index in [4.69, 9.17) is 15.2 Å². The van der Waals surface area contributed by atoms with Gasteiger partial charge >= 0.3 is 0 Å². The minimum Gasteiger partial charge on any atom is -0.493 e. The van der Waals surface area contributed by atoms with E-state index < -0.39 is 11.6 Å². The second kappa shape index (κ2) is 5.38. The van der Waals surface area contributed by atoms with Crippen LogP contribution in [0.2, 0.25) is 0 Å². The number of nitrogens with two attached hydrogens (primary N) is 1. The van der Waals surface area contributed by atoms with E-state index in [9.17, 15) is 5.11 Å². The molecule has 96 valence electrons. The molecular weight excluding hydrogens is 218 g/mol. The van der Waals surface area contributed by atoms with Crippen molar-refractivity contribution in [2.45, 2.75) is 32.4 Å². The summed E-state index contributed by atoms with van der Waals surface area (Å²) in [6.45, 7) is 5.91. The molecule has 0 heterocycles. The molecule has 1 rings (SSSR count). The van der Waals surface area contributed by atoms with Gasteiger partial charge < -0.3 is 20.3 Å². The minimum atomic E-state index is -0.807. The minimum absolute atomic E-state index is 0.551. The molecule has 4 nitrogen and oxygen atoms in total. The van der Waals surface area contributed by atoms with Crippen molar-refractivity contribution in [3.05, 3.63) is 23.8 Å². The standard InChI is InChI=1S/C13H21NO3/c1-5-17-12-8-10(6-7-11(12)16-4)13(3,14)9(2)15/h6-9,15H,5,14H2,1-4H3. The maximum Gasteiger partial charge on any atom is 0.161 e. The van der Waals surface area contributed by atoms with Gasteiger partial charge in [0.05, 0.1) is 25.4 Å². The second-order valence-electron chi connectivity index (χ2n) is 4.26. The first-order valence-electron chi connectivity index (χ1n) is 5.71. The van der Waals surface area contributed by atoms with Gasteiger partial charge in [-0.25, -0.2) is 0 Å². The van der Waals surface area contributed by atoms with E-state index in [0.29, 0.717) is 18.1 Å². The molecule has 0 aliphatic carbocycles. The molecular formula is C13H21NO3. The summed E-state index contributed by atoms with van der Waals surface area (Å²) in [6.07, 6.45) is -0.648. The Bertz CT molecular complexity index is 375. The van der Waals surface area contributed by atoms with Crippen LogP contribution in [0, 0.1) is 0 Å². The van der Waals surface area contributed by atoms with Crippen LogP contribution in [-0.2, 0) is 5.54 Å². The number of aliphatic hydroxyl groups excluding tert-OH is 1. The molecule has 2 unspecified atom stereocenters. The number of methoxy groups -OCH3 is 1. The first kappa shape index (κ1) is 13.8. The van der Waals surface area contributed by atoms with Crippen molar-refractivity contribution in [3.63, 3.8) is 0 Å². The summed E-state index contributed by atoms with van der Waals surface area (Å²) < 4.78 is 10.7. The van der Waals surface area contributed by atoms with E-state index in [2.05, 4.69) is 0 Å². The van der Waals surface area contributed by atoms with Crippen LogP contribution < -0.4 is 15.2 Å². The Kier molecular flexibility index (Phi) is 4.37. The van der Waals surface area contributed by atoms with Crippen LogP contribution in [0.25, 0.3) is 0 Å². The molecule has 17 heavy (non-hydrogen) atoms. The highest BCUT2D eigenvalue weighted by Gasteiger charge is 2.28. The summed E-state index contributed by atoms with van der Waals surface area (Å²) in [5.41, 5.74) is 6.10. The first-order valence-corrected chi connectivity index (χ1v) is 5.71. The van der Waals surface area contributed by atoms with Crippen molar-refractivity contribution < 1.29 is 14.6 Å². The van der Waals surface area contributed by atoms with Crippen molar-refractivity contribution in [3.8, 4) is 11.5 Å². The monoisotopic (exact) mass is 239 g/mol. The van der Waals surface area contributed by atoms with Gasteiger partial charge in [-0.3, -0.25) is 0 Å². The van der Waals surface area contributed by atoms with Gasteiger partial charge in [-0.05, 0) is 38.5 Å². The SMILES string of the molecule is CCOc1cc(C(C)(N)C(C)O)ccc1OC. The Balaban J connectivity index is 3.15. The molecule has 3 N–H and O–H groups in total. The largest absolute Gasteiger partial charge is 0.493 e. The predicted molar refractivity (Wildman–Crippen MR) is 67.4 cm³/mol. The maximum absolute atomic E-state index is 9.68. The Morgan fingerprint density at radius 3 is 2.53 bits per heavy atom. The molecule has 0 spiro atoms. The van der Waals surface area contributed by atoms with Crippen molar-refractivity contribution in [1.29, 1.82) is 0 Å². The first-order chi connectivity index (χ1) is 7.93. The van der Waals surface area contributed by atoms with Gasteiger partial charge in [-0.2, -0.15) is 0 Å². The van der Waals surface area contributed by atoms with Crippen molar-refractivity contribution >= 4 is 0 Å². The summed E-state index contributed by atoms with van der Waals surface area (Å²) in [5, 5.41) is 9.68. The maximum atomic E-state index is 9.68. The number of hydrogen-bond acceptors (Lipinski definition) is 4. The Morgan fingerprint density at radius 1 is 1.41 bits per heavy atom. The highest BCUT2D eigenvalue weighted by Crippen LogP contribution is 2.32. The Labute approximate surface area is 102 Å². The molecule has 0 aromatic heterocycles. The number of hydrogen-bond donors (Lipinski definition) is 2. The highest BCUT2D eigenvalue weighted by atomic mass is 16.5. The zero-order valence-electron chi connectivity index (χ0n) is 10.9. The lowest BCUT2D eigenvalue weighted by Crippen LogP contribution is -2.43. The third-order valence-corrected chi connectivity index (χ3v) is 2.95. The molecule has 0 saturated heterocycles. The molecule has 4 heteroatoms. The van der Waals surface area contributed by atoms with Crippen LogP contribution in [-0.4, -0.2) is 24.9 Å². The third kappa shape index (κ3) is 2.90. The fourth-order valence-corrected chi connectivity index (χ4v) is 1.52. The van der Waals surface area contributed by atoms with E-state index in [1.54, 1.807) is 27.0 Å². The quantitative estimate of drug-likeness (QED) is 0.820. The van der Waals surface area contributed by atoms with Gasteiger partial charge in [0, 0.05) is 0 Å². The second-order valence-corrected chi connectivity index (χ2v) is 4.26. The zero-order chi connectivity index (χ0) is 13.1. The van der Waals surface area contributed by atoms with E-state index >= 15 is 0 Å². The van der Waals surface area contributed by atoms with Crippen LogP contribution >= 0.6 is 0 Å². The average Bonchev–Trinajstić information content (AvgIpc) is 2.29. The average molecular weight is 239 g/mol. The number of ether oxygens (including phenoxy) is 2. The lowest BCUT2D eigenvalue weighted by atomic mass is 9.88. The van der Waals surface area contributed by atoms with Gasteiger partial charge in [-0.15, -0.1) is 0 Å². The van der Waals surface area contributed by atoms with Crippen LogP contribution in [0.4, 0.5) is 0 Å². The number of benzene rings is 1. The summed E-state index contributed by atoms with van der Waals surface area (Å²) >= 11 is 0. The summed E-state index contributed by atoms with van der Waals surface area (Å²) in [5.74, 6) is 1.31. The Hall–Kier alpha value is -1.26. The van der Waals surface area contributed by atoms with Crippen molar-refractivity contribution in [2.75, 3.05) is 13.7 Å². The van der Waals surface area contributed by atoms with E-state index in [0.717, 1.165) is 5.56 Å². The van der Waals surface area contributed by atoms with E-state index in [1.165, 1.54) is 0 Å².